The number of hydrogen-bond donors (Lipinski definition) is 0. The molecular formula is C21H23N3. The van der Waals surface area contributed by atoms with E-state index in [4.69, 9.17) is 0 Å². The Kier molecular flexibility index (Phi) is 4.54. The van der Waals surface area contributed by atoms with Gasteiger partial charge in [0.25, 0.3) is 0 Å². The van der Waals surface area contributed by atoms with Gasteiger partial charge in [-0.2, -0.15) is 0 Å². The summed E-state index contributed by atoms with van der Waals surface area (Å²) in [5.74, 6) is 0. The van der Waals surface area contributed by atoms with Gasteiger partial charge in [0.2, 0.25) is 0 Å². The predicted molar refractivity (Wildman–Crippen MR) is 98.7 cm³/mol. The van der Waals surface area contributed by atoms with Gasteiger partial charge >= 0.3 is 0 Å². The molecule has 1 fully saturated rings. The Labute approximate surface area is 143 Å². The molecular weight excluding hydrogens is 294 g/mol. The molecule has 1 aromatic heterocycles. The number of hydrogen-bond acceptors (Lipinski definition) is 3. The Hall–Kier alpha value is -2.23. The zero-order valence-corrected chi connectivity index (χ0v) is 13.9. The first-order valence-corrected chi connectivity index (χ1v) is 8.69. The molecule has 0 aliphatic carbocycles. The van der Waals surface area contributed by atoms with Crippen LogP contribution in [0.15, 0.2) is 66.9 Å². The van der Waals surface area contributed by atoms with E-state index in [0.717, 1.165) is 39.3 Å². The van der Waals surface area contributed by atoms with E-state index < -0.39 is 0 Å². The molecule has 0 N–H and O–H groups in total. The van der Waals surface area contributed by atoms with Gasteiger partial charge in [-0.05, 0) is 34.5 Å². The average molecular weight is 317 g/mol. The topological polar surface area (TPSA) is 19.4 Å². The summed E-state index contributed by atoms with van der Waals surface area (Å²) in [5.41, 5.74) is 2.58. The minimum absolute atomic E-state index is 0.963. The first-order valence-electron chi connectivity index (χ1n) is 8.69. The monoisotopic (exact) mass is 317 g/mol. The molecule has 2 aromatic carbocycles. The summed E-state index contributed by atoms with van der Waals surface area (Å²) in [6.07, 6.45) is 1.88. The largest absolute Gasteiger partial charge is 0.297 e. The van der Waals surface area contributed by atoms with E-state index in [-0.39, 0.29) is 0 Å². The lowest BCUT2D eigenvalue weighted by atomic mass is 10.1. The molecule has 3 nitrogen and oxygen atoms in total. The normalized spacial score (nSPS) is 16.5. The van der Waals surface area contributed by atoms with Crippen LogP contribution in [0, 0.1) is 0 Å². The summed E-state index contributed by atoms with van der Waals surface area (Å²) in [5, 5.41) is 2.66. The molecule has 122 valence electrons. The number of nitrogens with zero attached hydrogens (tertiary/aromatic N) is 3. The molecule has 1 saturated heterocycles. The van der Waals surface area contributed by atoms with E-state index in [0.29, 0.717) is 0 Å². The van der Waals surface area contributed by atoms with Gasteiger partial charge in [-0.15, -0.1) is 0 Å². The van der Waals surface area contributed by atoms with E-state index in [2.05, 4.69) is 69.4 Å². The first kappa shape index (κ1) is 15.3. The highest BCUT2D eigenvalue weighted by Crippen LogP contribution is 2.17. The SMILES string of the molecule is c1ccc(CN2CCN(Cc3ccc4ccccc4c3)CC2)nc1. The third kappa shape index (κ3) is 3.64. The summed E-state index contributed by atoms with van der Waals surface area (Å²) in [6.45, 7) is 6.49. The van der Waals surface area contributed by atoms with Crippen LogP contribution in [0.4, 0.5) is 0 Å². The van der Waals surface area contributed by atoms with Crippen molar-refractivity contribution < 1.29 is 0 Å². The Morgan fingerprint density at radius 1 is 0.708 bits per heavy atom. The van der Waals surface area contributed by atoms with Crippen LogP contribution in [0.3, 0.4) is 0 Å². The van der Waals surface area contributed by atoms with E-state index >= 15 is 0 Å². The van der Waals surface area contributed by atoms with Gasteiger partial charge in [0.1, 0.15) is 0 Å². The van der Waals surface area contributed by atoms with Crippen molar-refractivity contribution in [3.8, 4) is 0 Å². The number of benzene rings is 2. The number of piperazine rings is 1. The summed E-state index contributed by atoms with van der Waals surface area (Å²) < 4.78 is 0. The first-order chi connectivity index (χ1) is 11.9. The summed E-state index contributed by atoms with van der Waals surface area (Å²) >= 11 is 0. The molecule has 1 aliphatic rings. The van der Waals surface area contributed by atoms with E-state index in [9.17, 15) is 0 Å². The number of pyridine rings is 1. The maximum absolute atomic E-state index is 4.43. The summed E-state index contributed by atoms with van der Waals surface area (Å²) in [4.78, 5) is 9.49. The van der Waals surface area contributed by atoms with E-state index in [1.54, 1.807) is 0 Å². The van der Waals surface area contributed by atoms with Crippen molar-refractivity contribution in [1.82, 2.24) is 14.8 Å². The lowest BCUT2D eigenvalue weighted by molar-refractivity contribution is 0.121. The molecule has 0 radical (unpaired) electrons. The van der Waals surface area contributed by atoms with Crippen LogP contribution in [0.5, 0.6) is 0 Å². The Morgan fingerprint density at radius 3 is 2.17 bits per heavy atom. The van der Waals surface area contributed by atoms with Gasteiger partial charge in [-0.25, -0.2) is 0 Å². The number of rotatable bonds is 4. The molecule has 4 rings (SSSR count). The fraction of sp³-hybridized carbons (Fsp3) is 0.286. The lowest BCUT2D eigenvalue weighted by Crippen LogP contribution is -2.45. The molecule has 3 aromatic rings. The second-order valence-electron chi connectivity index (χ2n) is 6.55. The zero-order valence-electron chi connectivity index (χ0n) is 13.9. The molecule has 0 bridgehead atoms. The maximum Gasteiger partial charge on any atom is 0.0543 e. The molecule has 0 saturated carbocycles. The number of fused-ring (bicyclic) bond motifs is 1. The van der Waals surface area contributed by atoms with Crippen molar-refractivity contribution in [2.75, 3.05) is 26.2 Å². The van der Waals surface area contributed by atoms with Crippen molar-refractivity contribution in [3.05, 3.63) is 78.1 Å². The van der Waals surface area contributed by atoms with Gasteiger partial charge in [-0.1, -0.05) is 42.5 Å². The zero-order chi connectivity index (χ0) is 16.2. The fourth-order valence-electron chi connectivity index (χ4n) is 3.42. The van der Waals surface area contributed by atoms with Gasteiger partial charge in [-0.3, -0.25) is 14.8 Å². The summed E-state index contributed by atoms with van der Waals surface area (Å²) in [6, 6.07) is 21.6. The maximum atomic E-state index is 4.43. The van der Waals surface area contributed by atoms with Crippen LogP contribution in [-0.2, 0) is 13.1 Å². The van der Waals surface area contributed by atoms with Crippen molar-refractivity contribution in [1.29, 1.82) is 0 Å². The third-order valence-corrected chi connectivity index (χ3v) is 4.80. The molecule has 0 amide bonds. The predicted octanol–water partition coefficient (Wildman–Crippen LogP) is 3.55. The van der Waals surface area contributed by atoms with Crippen LogP contribution in [-0.4, -0.2) is 41.0 Å². The van der Waals surface area contributed by atoms with Crippen molar-refractivity contribution in [2.45, 2.75) is 13.1 Å². The molecule has 1 aliphatic heterocycles. The molecule has 24 heavy (non-hydrogen) atoms. The molecule has 0 atom stereocenters. The van der Waals surface area contributed by atoms with Gasteiger partial charge in [0, 0.05) is 45.5 Å². The van der Waals surface area contributed by atoms with Gasteiger partial charge in [0.05, 0.1) is 5.69 Å². The van der Waals surface area contributed by atoms with Crippen molar-refractivity contribution in [2.24, 2.45) is 0 Å². The van der Waals surface area contributed by atoms with Crippen LogP contribution >= 0.6 is 0 Å². The Balaban J connectivity index is 1.34. The second-order valence-corrected chi connectivity index (χ2v) is 6.55. The highest BCUT2D eigenvalue weighted by Gasteiger charge is 2.17. The van der Waals surface area contributed by atoms with Crippen LogP contribution in [0.2, 0.25) is 0 Å². The van der Waals surface area contributed by atoms with Crippen LogP contribution < -0.4 is 0 Å². The minimum atomic E-state index is 0.963. The number of aromatic nitrogens is 1. The molecule has 3 heteroatoms. The quantitative estimate of drug-likeness (QED) is 0.733. The van der Waals surface area contributed by atoms with Crippen molar-refractivity contribution in [3.63, 3.8) is 0 Å². The second kappa shape index (κ2) is 7.12. The smallest absolute Gasteiger partial charge is 0.0543 e. The van der Waals surface area contributed by atoms with Gasteiger partial charge in [0.15, 0.2) is 0 Å². The Morgan fingerprint density at radius 2 is 1.42 bits per heavy atom. The highest BCUT2D eigenvalue weighted by molar-refractivity contribution is 5.82. The minimum Gasteiger partial charge on any atom is -0.297 e. The van der Waals surface area contributed by atoms with Crippen LogP contribution in [0.1, 0.15) is 11.3 Å². The lowest BCUT2D eigenvalue weighted by Gasteiger charge is -2.34. The molecule has 0 spiro atoms. The molecule has 0 unspecified atom stereocenters. The van der Waals surface area contributed by atoms with Gasteiger partial charge < -0.3 is 0 Å². The van der Waals surface area contributed by atoms with E-state index in [1.165, 1.54) is 22.0 Å². The Bertz CT molecular complexity index is 792. The van der Waals surface area contributed by atoms with Crippen LogP contribution in [0.25, 0.3) is 10.8 Å². The standard InChI is InChI=1S/C21H23N3/c1-2-6-20-15-18(8-9-19(20)5-1)16-23-11-13-24(14-12-23)17-21-7-3-4-10-22-21/h1-10,15H,11-14,16-17H2. The fourth-order valence-corrected chi connectivity index (χ4v) is 3.42. The van der Waals surface area contributed by atoms with E-state index in [1.807, 2.05) is 12.3 Å². The third-order valence-electron chi connectivity index (χ3n) is 4.80. The average Bonchev–Trinajstić information content (AvgIpc) is 2.64. The summed E-state index contributed by atoms with van der Waals surface area (Å²) in [7, 11) is 0. The van der Waals surface area contributed by atoms with Crippen molar-refractivity contribution >= 4 is 10.8 Å². The molecule has 2 heterocycles. The highest BCUT2D eigenvalue weighted by atomic mass is 15.3.